The Morgan fingerprint density at radius 2 is 1.84 bits per heavy atom. The number of hydrogen-bond acceptors (Lipinski definition) is 5. The maximum Gasteiger partial charge on any atom is 0.268 e. The van der Waals surface area contributed by atoms with E-state index in [9.17, 15) is 14.7 Å². The largest absolute Gasteiger partial charge is 0.504 e. The molecule has 4 rings (SSSR count). The quantitative estimate of drug-likeness (QED) is 0.379. The second-order valence-corrected chi connectivity index (χ2v) is 10.2. The van der Waals surface area contributed by atoms with Gasteiger partial charge in [0, 0.05) is 33.1 Å². The molecule has 0 bridgehead atoms. The Balaban J connectivity index is 1.79. The van der Waals surface area contributed by atoms with Crippen LogP contribution in [0.1, 0.15) is 62.5 Å². The molecule has 0 aliphatic carbocycles. The lowest BCUT2D eigenvalue weighted by Crippen LogP contribution is -2.34. The zero-order chi connectivity index (χ0) is 22.3. The Morgan fingerprint density at radius 1 is 1.06 bits per heavy atom. The van der Waals surface area contributed by atoms with E-state index in [4.69, 9.17) is 0 Å². The van der Waals surface area contributed by atoms with E-state index < -0.39 is 16.6 Å². The number of allylic oxidation sites excluding steroid dienone is 1. The number of rotatable bonds is 7. The lowest BCUT2D eigenvalue weighted by Gasteiger charge is -2.27. The van der Waals surface area contributed by atoms with E-state index in [1.807, 2.05) is 0 Å². The molecule has 2 aromatic carbocycles. The number of thiophene rings is 1. The molecule has 162 valence electrons. The lowest BCUT2D eigenvalue weighted by atomic mass is 9.82. The van der Waals surface area contributed by atoms with Crippen LogP contribution in [0.25, 0.3) is 16.5 Å². The molecule has 2 heterocycles. The van der Waals surface area contributed by atoms with Crippen molar-refractivity contribution in [1.82, 2.24) is 0 Å². The van der Waals surface area contributed by atoms with Crippen LogP contribution in [0.4, 0.5) is 5.69 Å². The Labute approximate surface area is 187 Å². The standard InChI is InChI=1S/C26H29NO3S/c1-5-6-7-8-13-27-20-11-10-17(21-12-9-16(2)31-21)14-19(20)26(3,4)22(27)15-18-23(28)25(30)24(18)29/h9-12,14-15,28H,5-8,13H2,1-4H3/b22-15+. The van der Waals surface area contributed by atoms with Gasteiger partial charge in [0.2, 0.25) is 5.43 Å². The zero-order valence-corrected chi connectivity index (χ0v) is 19.4. The molecule has 0 saturated heterocycles. The zero-order valence-electron chi connectivity index (χ0n) is 18.6. The van der Waals surface area contributed by atoms with Crippen LogP contribution in [0.3, 0.4) is 0 Å². The van der Waals surface area contributed by atoms with Gasteiger partial charge in [0.05, 0.1) is 5.56 Å². The minimum Gasteiger partial charge on any atom is -0.504 e. The van der Waals surface area contributed by atoms with Gasteiger partial charge in [0.15, 0.2) is 5.75 Å². The Bertz CT molecular complexity index is 1220. The number of anilines is 1. The number of unbranched alkanes of at least 4 members (excludes halogenated alkanes) is 3. The van der Waals surface area contributed by atoms with Gasteiger partial charge in [-0.1, -0.05) is 46.1 Å². The molecule has 1 aromatic heterocycles. The highest BCUT2D eigenvalue weighted by Crippen LogP contribution is 2.50. The SMILES string of the molecule is CCCCCCN1/C(=C/c2c(O)c(=O)c2=O)C(C)(C)c2cc(-c3ccc(C)s3)ccc21. The summed E-state index contributed by atoms with van der Waals surface area (Å²) in [6.07, 6.45) is 6.29. The predicted molar refractivity (Wildman–Crippen MR) is 130 cm³/mol. The minimum atomic E-state index is -0.787. The molecule has 1 aliphatic rings. The molecular weight excluding hydrogens is 406 g/mol. The lowest BCUT2D eigenvalue weighted by molar-refractivity contribution is 0.461. The van der Waals surface area contributed by atoms with E-state index in [0.29, 0.717) is 0 Å². The van der Waals surface area contributed by atoms with Gasteiger partial charge in [-0.2, -0.15) is 0 Å². The maximum absolute atomic E-state index is 12.1. The Hall–Kier alpha value is -2.66. The molecule has 1 N–H and O–H groups in total. The number of hydrogen-bond donors (Lipinski definition) is 1. The molecule has 5 heteroatoms. The van der Waals surface area contributed by atoms with Crippen molar-refractivity contribution in [2.45, 2.75) is 58.8 Å². The number of fused-ring (bicyclic) bond motifs is 1. The van der Waals surface area contributed by atoms with Crippen LogP contribution in [-0.2, 0) is 5.41 Å². The molecule has 4 nitrogen and oxygen atoms in total. The molecule has 0 fully saturated rings. The summed E-state index contributed by atoms with van der Waals surface area (Å²) in [5.41, 5.74) is 2.89. The second kappa shape index (κ2) is 8.12. The smallest absolute Gasteiger partial charge is 0.268 e. The van der Waals surface area contributed by atoms with Crippen molar-refractivity contribution in [3.8, 4) is 16.2 Å². The predicted octanol–water partition coefficient (Wildman–Crippen LogP) is 5.74. The van der Waals surface area contributed by atoms with Crippen LogP contribution in [0.2, 0.25) is 0 Å². The normalized spacial score (nSPS) is 16.4. The van der Waals surface area contributed by atoms with Gasteiger partial charge in [-0.15, -0.1) is 11.3 Å². The molecule has 0 spiro atoms. The topological polar surface area (TPSA) is 57.6 Å². The Kier molecular flexibility index (Phi) is 5.65. The van der Waals surface area contributed by atoms with Gasteiger partial charge in [-0.05, 0) is 54.8 Å². The van der Waals surface area contributed by atoms with Gasteiger partial charge >= 0.3 is 0 Å². The molecule has 0 atom stereocenters. The molecule has 1 aliphatic heterocycles. The van der Waals surface area contributed by atoms with Crippen LogP contribution in [0.5, 0.6) is 5.75 Å². The molecule has 31 heavy (non-hydrogen) atoms. The summed E-state index contributed by atoms with van der Waals surface area (Å²) in [5.74, 6) is -0.412. The minimum absolute atomic E-state index is 0.133. The highest BCUT2D eigenvalue weighted by molar-refractivity contribution is 7.15. The maximum atomic E-state index is 12.1. The van der Waals surface area contributed by atoms with Gasteiger partial charge in [0.1, 0.15) is 0 Å². The van der Waals surface area contributed by atoms with Crippen LogP contribution in [0, 0.1) is 6.92 Å². The van der Waals surface area contributed by atoms with Crippen molar-refractivity contribution in [3.63, 3.8) is 0 Å². The average Bonchev–Trinajstić information content (AvgIpc) is 3.28. The van der Waals surface area contributed by atoms with Crippen molar-refractivity contribution in [2.75, 3.05) is 11.4 Å². The monoisotopic (exact) mass is 435 g/mol. The summed E-state index contributed by atoms with van der Waals surface area (Å²) < 4.78 is 0. The Morgan fingerprint density at radius 3 is 2.48 bits per heavy atom. The van der Waals surface area contributed by atoms with Crippen molar-refractivity contribution < 1.29 is 5.11 Å². The first kappa shape index (κ1) is 21.6. The highest BCUT2D eigenvalue weighted by atomic mass is 32.1. The van der Waals surface area contributed by atoms with E-state index in [2.05, 4.69) is 62.9 Å². The fraction of sp³-hybridized carbons (Fsp3) is 0.385. The third kappa shape index (κ3) is 3.65. The van der Waals surface area contributed by atoms with E-state index in [-0.39, 0.29) is 11.0 Å². The molecular formula is C26H29NO3S. The van der Waals surface area contributed by atoms with Crippen LogP contribution < -0.4 is 15.8 Å². The van der Waals surface area contributed by atoms with Crippen LogP contribution in [-0.4, -0.2) is 11.7 Å². The van der Waals surface area contributed by atoms with E-state index in [1.54, 1.807) is 17.4 Å². The van der Waals surface area contributed by atoms with Crippen molar-refractivity contribution in [2.24, 2.45) is 0 Å². The van der Waals surface area contributed by atoms with E-state index >= 15 is 0 Å². The number of benzene rings is 1. The van der Waals surface area contributed by atoms with Crippen molar-refractivity contribution in [3.05, 3.63) is 72.5 Å². The third-order valence-electron chi connectivity index (χ3n) is 6.35. The molecule has 0 radical (unpaired) electrons. The fourth-order valence-electron chi connectivity index (χ4n) is 4.48. The first-order valence-corrected chi connectivity index (χ1v) is 11.8. The number of aromatic hydroxyl groups is 1. The highest BCUT2D eigenvalue weighted by Gasteiger charge is 2.40. The van der Waals surface area contributed by atoms with E-state index in [1.165, 1.54) is 33.7 Å². The van der Waals surface area contributed by atoms with Crippen molar-refractivity contribution >= 4 is 23.1 Å². The van der Waals surface area contributed by atoms with E-state index in [0.717, 1.165) is 30.8 Å². The fourth-order valence-corrected chi connectivity index (χ4v) is 5.35. The molecule has 0 saturated carbocycles. The van der Waals surface area contributed by atoms with Crippen LogP contribution >= 0.6 is 11.3 Å². The summed E-state index contributed by atoms with van der Waals surface area (Å²) in [4.78, 5) is 28.4. The van der Waals surface area contributed by atoms with Crippen molar-refractivity contribution in [1.29, 1.82) is 0 Å². The summed E-state index contributed by atoms with van der Waals surface area (Å²) in [5, 5.41) is 9.97. The number of aryl methyl sites for hydroxylation is 1. The summed E-state index contributed by atoms with van der Waals surface area (Å²) in [6, 6.07) is 10.9. The van der Waals surface area contributed by atoms with Gasteiger partial charge in [-0.25, -0.2) is 0 Å². The van der Waals surface area contributed by atoms with Gasteiger partial charge < -0.3 is 10.0 Å². The molecule has 0 unspecified atom stereocenters. The molecule has 3 aromatic rings. The third-order valence-corrected chi connectivity index (χ3v) is 7.40. The average molecular weight is 436 g/mol. The number of nitrogens with zero attached hydrogens (tertiary/aromatic N) is 1. The second-order valence-electron chi connectivity index (χ2n) is 8.93. The van der Waals surface area contributed by atoms with Gasteiger partial charge in [0.25, 0.3) is 5.43 Å². The first-order chi connectivity index (χ1) is 14.8. The summed E-state index contributed by atoms with van der Waals surface area (Å²) in [7, 11) is 0. The van der Waals surface area contributed by atoms with Gasteiger partial charge in [-0.3, -0.25) is 9.59 Å². The molecule has 0 amide bonds. The summed E-state index contributed by atoms with van der Waals surface area (Å²) in [6.45, 7) is 9.45. The summed E-state index contributed by atoms with van der Waals surface area (Å²) >= 11 is 1.78. The van der Waals surface area contributed by atoms with Crippen LogP contribution in [0.15, 0.2) is 45.6 Å². The first-order valence-electron chi connectivity index (χ1n) is 11.0.